The van der Waals surface area contributed by atoms with E-state index >= 15 is 0 Å². The highest BCUT2D eigenvalue weighted by atomic mass is 35.5. The van der Waals surface area contributed by atoms with Gasteiger partial charge in [0.15, 0.2) is 5.69 Å². The summed E-state index contributed by atoms with van der Waals surface area (Å²) < 4.78 is 16.3. The Morgan fingerprint density at radius 3 is 2.50 bits per heavy atom. The zero-order valence-corrected chi connectivity index (χ0v) is 24.9. The lowest BCUT2D eigenvalue weighted by atomic mass is 9.93. The van der Waals surface area contributed by atoms with Crippen LogP contribution in [0.1, 0.15) is 53.7 Å². The van der Waals surface area contributed by atoms with Crippen LogP contribution in [0.2, 0.25) is 5.02 Å². The molecule has 234 valence electrons. The first kappa shape index (κ1) is 31.2. The number of fused-ring (bicyclic) bond motifs is 1. The van der Waals surface area contributed by atoms with Crippen molar-refractivity contribution in [3.8, 4) is 0 Å². The molecule has 1 aliphatic carbocycles. The van der Waals surface area contributed by atoms with Crippen LogP contribution in [-0.4, -0.2) is 74.1 Å². The van der Waals surface area contributed by atoms with Crippen molar-refractivity contribution < 1.29 is 28.7 Å². The number of aliphatic carboxylic acids is 1. The van der Waals surface area contributed by atoms with Crippen molar-refractivity contribution in [3.05, 3.63) is 58.0 Å². The number of nitrogens with one attached hydrogen (secondary N) is 1. The van der Waals surface area contributed by atoms with E-state index in [1.165, 1.54) is 9.58 Å². The Bertz CT molecular complexity index is 1600. The maximum absolute atomic E-state index is 14.9. The number of carbonyl (C=O) groups is 4. The Balaban J connectivity index is 1.20. The summed E-state index contributed by atoms with van der Waals surface area (Å²) >= 11 is 6.19. The van der Waals surface area contributed by atoms with E-state index in [0.29, 0.717) is 23.1 Å². The molecular weight excluding hydrogens is 593 g/mol. The number of hydrogen-bond donors (Lipinski definition) is 4. The number of carboxylic acid groups (broad SMARTS) is 1. The van der Waals surface area contributed by atoms with E-state index in [2.05, 4.69) is 15.3 Å². The van der Waals surface area contributed by atoms with Gasteiger partial charge in [-0.05, 0) is 80.6 Å². The van der Waals surface area contributed by atoms with E-state index in [0.717, 1.165) is 44.3 Å². The molecule has 44 heavy (non-hydrogen) atoms. The van der Waals surface area contributed by atoms with E-state index in [4.69, 9.17) is 28.2 Å². The number of piperidine rings is 1. The molecule has 2 heterocycles. The molecule has 3 amide bonds. The molecule has 2 aromatic carbocycles. The molecule has 0 bridgehead atoms. The minimum Gasteiger partial charge on any atom is -0.481 e. The van der Waals surface area contributed by atoms with Gasteiger partial charge in [0.1, 0.15) is 12.4 Å². The fourth-order valence-corrected chi connectivity index (χ4v) is 5.97. The molecule has 1 aromatic heterocycles. The third-order valence-corrected chi connectivity index (χ3v) is 8.41. The SMILES string of the molecule is NC(=O)c1nn(CC(=O)N(CC(=O)NCc2cc(CN3CCC(CC(=O)O)CC3)cc(Cl)c2F)C2CC2)c2ccc(N)cc12. The van der Waals surface area contributed by atoms with Gasteiger partial charge in [-0.3, -0.25) is 28.8 Å². The quantitative estimate of drug-likeness (QED) is 0.221. The number of anilines is 1. The van der Waals surface area contributed by atoms with E-state index < -0.39 is 23.6 Å². The number of likely N-dealkylation sites (tertiary alicyclic amines) is 1. The van der Waals surface area contributed by atoms with Gasteiger partial charge in [-0.15, -0.1) is 0 Å². The number of carboxylic acids is 1. The van der Waals surface area contributed by atoms with Crippen molar-refractivity contribution in [2.45, 2.75) is 57.8 Å². The molecule has 3 aromatic rings. The number of nitrogens with two attached hydrogens (primary N) is 2. The van der Waals surface area contributed by atoms with Gasteiger partial charge in [0.05, 0.1) is 17.1 Å². The number of nitrogen functional groups attached to an aromatic ring is 1. The minimum absolute atomic E-state index is 0.00130. The van der Waals surface area contributed by atoms with Crippen molar-refractivity contribution in [2.24, 2.45) is 11.7 Å². The van der Waals surface area contributed by atoms with Gasteiger partial charge < -0.3 is 26.8 Å². The van der Waals surface area contributed by atoms with Crippen molar-refractivity contribution in [2.75, 3.05) is 25.4 Å². The fourth-order valence-electron chi connectivity index (χ4n) is 5.71. The number of amides is 3. The lowest BCUT2D eigenvalue weighted by molar-refractivity contribution is -0.138. The van der Waals surface area contributed by atoms with Gasteiger partial charge in [-0.1, -0.05) is 11.6 Å². The highest BCUT2D eigenvalue weighted by Gasteiger charge is 2.34. The summed E-state index contributed by atoms with van der Waals surface area (Å²) in [4.78, 5) is 52.9. The average molecular weight is 628 g/mol. The van der Waals surface area contributed by atoms with Gasteiger partial charge in [-0.2, -0.15) is 5.10 Å². The van der Waals surface area contributed by atoms with Crippen molar-refractivity contribution in [1.82, 2.24) is 24.9 Å². The Hall–Kier alpha value is -4.23. The first-order valence-electron chi connectivity index (χ1n) is 14.5. The van der Waals surface area contributed by atoms with Gasteiger partial charge >= 0.3 is 5.97 Å². The monoisotopic (exact) mass is 627 g/mol. The largest absolute Gasteiger partial charge is 0.481 e. The van der Waals surface area contributed by atoms with Crippen LogP contribution in [0.5, 0.6) is 0 Å². The molecule has 0 atom stereocenters. The van der Waals surface area contributed by atoms with Gasteiger partial charge in [0.2, 0.25) is 11.8 Å². The molecule has 2 fully saturated rings. The third kappa shape index (κ3) is 7.45. The molecular formula is C30H35ClFN7O5. The highest BCUT2D eigenvalue weighted by Crippen LogP contribution is 2.28. The first-order chi connectivity index (χ1) is 21.0. The highest BCUT2D eigenvalue weighted by molar-refractivity contribution is 6.30. The zero-order chi connectivity index (χ0) is 31.5. The minimum atomic E-state index is -0.790. The molecule has 14 heteroatoms. The molecule has 1 saturated carbocycles. The molecule has 0 unspecified atom stereocenters. The number of rotatable bonds is 12. The summed E-state index contributed by atoms with van der Waals surface area (Å²) in [6.07, 6.45) is 3.22. The Kier molecular flexibility index (Phi) is 9.35. The summed E-state index contributed by atoms with van der Waals surface area (Å²) in [5.41, 5.74) is 13.3. The van der Waals surface area contributed by atoms with Crippen molar-refractivity contribution >= 4 is 51.9 Å². The summed E-state index contributed by atoms with van der Waals surface area (Å²) in [6.45, 7) is 1.44. The van der Waals surface area contributed by atoms with E-state index in [1.807, 2.05) is 0 Å². The lowest BCUT2D eigenvalue weighted by Crippen LogP contribution is -2.43. The van der Waals surface area contributed by atoms with Crippen LogP contribution in [0.25, 0.3) is 10.9 Å². The number of nitrogens with zero attached hydrogens (tertiary/aromatic N) is 4. The van der Waals surface area contributed by atoms with E-state index in [1.54, 1.807) is 30.3 Å². The molecule has 1 aliphatic heterocycles. The number of aromatic nitrogens is 2. The molecule has 12 nitrogen and oxygen atoms in total. The number of halogens is 2. The molecule has 6 N–H and O–H groups in total. The predicted molar refractivity (Wildman–Crippen MR) is 161 cm³/mol. The van der Waals surface area contributed by atoms with Crippen molar-refractivity contribution in [3.63, 3.8) is 0 Å². The maximum atomic E-state index is 14.9. The molecule has 0 spiro atoms. The summed E-state index contributed by atoms with van der Waals surface area (Å²) in [5, 5.41) is 16.4. The number of hydrogen-bond acceptors (Lipinski definition) is 7. The second kappa shape index (κ2) is 13.2. The maximum Gasteiger partial charge on any atom is 0.303 e. The van der Waals surface area contributed by atoms with Crippen LogP contribution < -0.4 is 16.8 Å². The van der Waals surface area contributed by atoms with Crippen LogP contribution in [0.4, 0.5) is 10.1 Å². The van der Waals surface area contributed by atoms with Crippen LogP contribution in [-0.2, 0) is 34.0 Å². The Morgan fingerprint density at radius 2 is 1.84 bits per heavy atom. The smallest absolute Gasteiger partial charge is 0.303 e. The topological polar surface area (TPSA) is 177 Å². The fraction of sp³-hybridized carbons (Fsp3) is 0.433. The van der Waals surface area contributed by atoms with Crippen LogP contribution in [0, 0.1) is 11.7 Å². The average Bonchev–Trinajstić information content (AvgIpc) is 3.75. The normalized spacial score (nSPS) is 15.8. The summed E-state index contributed by atoms with van der Waals surface area (Å²) in [6, 6.07) is 7.99. The number of benzene rings is 2. The predicted octanol–water partition coefficient (Wildman–Crippen LogP) is 2.50. The van der Waals surface area contributed by atoms with E-state index in [-0.39, 0.29) is 60.2 Å². The Morgan fingerprint density at radius 1 is 1.11 bits per heavy atom. The van der Waals surface area contributed by atoms with Gasteiger partial charge in [0, 0.05) is 42.2 Å². The van der Waals surface area contributed by atoms with Crippen molar-refractivity contribution in [1.29, 1.82) is 0 Å². The standard InChI is InChI=1S/C30H35ClFN7O5/c31-23-10-18(14-37-7-5-17(6-8-37)11-27(42)43)9-19(28(23)32)13-35-25(40)15-38(21-2-3-21)26(41)16-39-24-4-1-20(33)12-22(24)29(36-39)30(34)44/h1,4,9-10,12,17,21H,2-3,5-8,11,13-16,33H2,(H2,34,44)(H,35,40)(H,42,43). The summed E-state index contributed by atoms with van der Waals surface area (Å²) in [7, 11) is 0. The van der Waals surface area contributed by atoms with Crippen LogP contribution >= 0.6 is 11.6 Å². The second-order valence-corrected chi connectivity index (χ2v) is 12.0. The van der Waals surface area contributed by atoms with Gasteiger partial charge in [0.25, 0.3) is 5.91 Å². The molecule has 5 rings (SSSR count). The number of carbonyl (C=O) groups excluding carboxylic acids is 3. The molecule has 0 radical (unpaired) electrons. The third-order valence-electron chi connectivity index (χ3n) is 8.13. The molecule has 1 saturated heterocycles. The van der Waals surface area contributed by atoms with Crippen LogP contribution in [0.15, 0.2) is 30.3 Å². The molecule has 2 aliphatic rings. The second-order valence-electron chi connectivity index (χ2n) is 11.5. The zero-order valence-electron chi connectivity index (χ0n) is 24.1. The number of primary amides is 1. The van der Waals surface area contributed by atoms with Crippen LogP contribution in [0.3, 0.4) is 0 Å². The lowest BCUT2D eigenvalue weighted by Gasteiger charge is -2.31. The van der Waals surface area contributed by atoms with E-state index in [9.17, 15) is 23.6 Å². The first-order valence-corrected chi connectivity index (χ1v) is 14.9. The Labute approximate surface area is 258 Å². The summed E-state index contributed by atoms with van der Waals surface area (Å²) in [5.74, 6) is -2.82. The van der Waals surface area contributed by atoms with Gasteiger partial charge in [-0.25, -0.2) is 4.39 Å².